The zero-order valence-corrected chi connectivity index (χ0v) is 17.9. The van der Waals surface area contributed by atoms with Crippen LogP contribution in [0.4, 0.5) is 4.79 Å². The van der Waals surface area contributed by atoms with Crippen LogP contribution in [-0.4, -0.2) is 42.3 Å². The highest BCUT2D eigenvalue weighted by Gasteiger charge is 2.22. The fraction of sp³-hybridized carbons (Fsp3) is 0.545. The summed E-state index contributed by atoms with van der Waals surface area (Å²) in [6.07, 6.45) is 9.00. The number of nitrogens with zero attached hydrogens (tertiary/aromatic N) is 1. The molecule has 1 atom stereocenters. The van der Waals surface area contributed by atoms with Crippen LogP contribution in [0.3, 0.4) is 0 Å². The summed E-state index contributed by atoms with van der Waals surface area (Å²) in [7, 11) is 0. The fourth-order valence-corrected chi connectivity index (χ4v) is 3.96. The van der Waals surface area contributed by atoms with Crippen molar-refractivity contribution in [2.24, 2.45) is 5.92 Å². The normalized spacial score (nSPS) is 18.2. The third kappa shape index (κ3) is 7.40. The third-order valence-corrected chi connectivity index (χ3v) is 5.99. The van der Waals surface area contributed by atoms with Crippen molar-refractivity contribution in [3.05, 3.63) is 42.0 Å². The molecule has 1 saturated heterocycles. The van der Waals surface area contributed by atoms with Crippen molar-refractivity contribution >= 4 is 23.9 Å². The van der Waals surface area contributed by atoms with E-state index in [2.05, 4.69) is 41.2 Å². The predicted molar refractivity (Wildman–Crippen MR) is 117 cm³/mol. The molecule has 7 heteroatoms. The third-order valence-electron chi connectivity index (χ3n) is 5.10. The van der Waals surface area contributed by atoms with E-state index in [0.717, 1.165) is 36.9 Å². The number of allylic oxidation sites excluding steroid dienone is 1. The van der Waals surface area contributed by atoms with E-state index in [1.165, 1.54) is 18.4 Å². The topological polar surface area (TPSA) is 70.7 Å². The molecule has 158 valence electrons. The molecule has 0 radical (unpaired) electrons. The summed E-state index contributed by atoms with van der Waals surface area (Å²) in [5.74, 6) is 2.48. The molecule has 2 aliphatic rings. The molecule has 0 bridgehead atoms. The van der Waals surface area contributed by atoms with E-state index in [-0.39, 0.29) is 11.9 Å². The minimum atomic E-state index is -0.295. The average Bonchev–Trinajstić information content (AvgIpc) is 3.55. The Bertz CT molecular complexity index is 721. The molecular formula is C22H31N3O3S. The van der Waals surface area contributed by atoms with Gasteiger partial charge in [-0.05, 0) is 49.3 Å². The second-order valence-electron chi connectivity index (χ2n) is 7.56. The number of imide groups is 1. The van der Waals surface area contributed by atoms with Gasteiger partial charge in [0.1, 0.15) is 5.75 Å². The minimum absolute atomic E-state index is 0.191. The van der Waals surface area contributed by atoms with Gasteiger partial charge in [-0.15, -0.1) is 0 Å². The van der Waals surface area contributed by atoms with Gasteiger partial charge in [0.25, 0.3) is 0 Å². The quantitative estimate of drug-likeness (QED) is 0.305. The summed E-state index contributed by atoms with van der Waals surface area (Å²) < 4.78 is 9.46. The van der Waals surface area contributed by atoms with Gasteiger partial charge in [0.15, 0.2) is 0 Å². The summed E-state index contributed by atoms with van der Waals surface area (Å²) >= 11 is 1.72. The van der Waals surface area contributed by atoms with Crippen molar-refractivity contribution in [3.63, 3.8) is 0 Å². The van der Waals surface area contributed by atoms with E-state index < -0.39 is 0 Å². The average molecular weight is 418 g/mol. The van der Waals surface area contributed by atoms with Crippen LogP contribution in [0.1, 0.15) is 50.6 Å². The molecular weight excluding hydrogens is 386 g/mol. The molecule has 2 N–H and O–H groups in total. The number of ether oxygens (including phenoxy) is 1. The summed E-state index contributed by atoms with van der Waals surface area (Å²) in [4.78, 5) is 24.4. The molecule has 1 saturated carbocycles. The van der Waals surface area contributed by atoms with Gasteiger partial charge >= 0.3 is 6.03 Å². The van der Waals surface area contributed by atoms with Gasteiger partial charge in [-0.2, -0.15) is 0 Å². The molecule has 29 heavy (non-hydrogen) atoms. The number of benzene rings is 1. The Morgan fingerprint density at radius 1 is 1.34 bits per heavy atom. The van der Waals surface area contributed by atoms with E-state index in [0.29, 0.717) is 25.6 Å². The lowest BCUT2D eigenvalue weighted by atomic mass is 10.1. The molecule has 0 spiro atoms. The molecule has 1 aromatic rings. The first kappa shape index (κ1) is 21.7. The minimum Gasteiger partial charge on any atom is -0.493 e. The molecule has 0 aromatic heterocycles. The Balaban J connectivity index is 1.33. The van der Waals surface area contributed by atoms with Crippen molar-refractivity contribution in [3.8, 4) is 5.75 Å². The Morgan fingerprint density at radius 2 is 2.21 bits per heavy atom. The van der Waals surface area contributed by atoms with E-state index >= 15 is 0 Å². The molecule has 1 aliphatic carbocycles. The molecule has 1 aromatic carbocycles. The standard InChI is InChI=1S/C22H31N3O3S/c1-2-20(18-7-6-8-19(15-18)28-16-17-9-10-17)24-29-14-5-3-4-12-25-13-11-21(26)23-22(25)27/h3-4,6-8,15,17,20,24H,2,5,9-14,16H2,1H3,(H,23,26,27)/b4-3+. The van der Waals surface area contributed by atoms with Crippen LogP contribution >= 0.6 is 11.9 Å². The van der Waals surface area contributed by atoms with E-state index in [4.69, 9.17) is 4.74 Å². The number of hydrogen-bond acceptors (Lipinski definition) is 5. The molecule has 3 amide bonds. The van der Waals surface area contributed by atoms with Crippen LogP contribution in [0.5, 0.6) is 5.75 Å². The number of nitrogens with one attached hydrogen (secondary N) is 2. The summed E-state index contributed by atoms with van der Waals surface area (Å²) in [6.45, 7) is 4.06. The zero-order chi connectivity index (χ0) is 20.5. The lowest BCUT2D eigenvalue weighted by molar-refractivity contribution is -0.121. The highest BCUT2D eigenvalue weighted by atomic mass is 32.2. The fourth-order valence-electron chi connectivity index (χ4n) is 3.09. The Labute approximate surface area is 177 Å². The second kappa shape index (κ2) is 11.3. The van der Waals surface area contributed by atoms with Crippen LogP contribution < -0.4 is 14.8 Å². The first-order valence-electron chi connectivity index (χ1n) is 10.5. The number of hydrogen-bond donors (Lipinski definition) is 2. The molecule has 6 nitrogen and oxygen atoms in total. The van der Waals surface area contributed by atoms with Crippen LogP contribution in [0.2, 0.25) is 0 Å². The zero-order valence-electron chi connectivity index (χ0n) is 17.1. The SMILES string of the molecule is CCC(NSCC/C=C/CN1CCC(=O)NC1=O)c1cccc(OCC2CC2)c1. The van der Waals surface area contributed by atoms with E-state index in [1.54, 1.807) is 16.8 Å². The number of rotatable bonds is 12. The molecule has 1 aliphatic heterocycles. The van der Waals surface area contributed by atoms with Crippen LogP contribution in [0, 0.1) is 5.92 Å². The van der Waals surface area contributed by atoms with Crippen molar-refractivity contribution in [2.45, 2.75) is 45.1 Å². The first-order chi connectivity index (χ1) is 14.2. The Morgan fingerprint density at radius 3 is 2.97 bits per heavy atom. The number of amides is 3. The highest BCUT2D eigenvalue weighted by Crippen LogP contribution is 2.30. The number of carbonyl (C=O) groups is 2. The van der Waals surface area contributed by atoms with Crippen LogP contribution in [0.15, 0.2) is 36.4 Å². The molecule has 3 rings (SSSR count). The molecule has 2 fully saturated rings. The summed E-state index contributed by atoms with van der Waals surface area (Å²) in [6, 6.07) is 8.41. The van der Waals surface area contributed by atoms with Gasteiger partial charge in [-0.1, -0.05) is 43.2 Å². The maximum Gasteiger partial charge on any atom is 0.324 e. The maximum atomic E-state index is 11.7. The predicted octanol–water partition coefficient (Wildman–Crippen LogP) is 4.05. The number of urea groups is 1. The van der Waals surface area contributed by atoms with Gasteiger partial charge in [0.2, 0.25) is 5.91 Å². The van der Waals surface area contributed by atoms with Crippen molar-refractivity contribution in [2.75, 3.05) is 25.4 Å². The monoisotopic (exact) mass is 417 g/mol. The lowest BCUT2D eigenvalue weighted by Crippen LogP contribution is -2.49. The highest BCUT2D eigenvalue weighted by molar-refractivity contribution is 7.97. The van der Waals surface area contributed by atoms with Crippen LogP contribution in [-0.2, 0) is 4.79 Å². The Kier molecular flexibility index (Phi) is 8.43. The van der Waals surface area contributed by atoms with Gasteiger partial charge in [0, 0.05) is 31.3 Å². The maximum absolute atomic E-state index is 11.7. The second-order valence-corrected chi connectivity index (χ2v) is 8.50. The van der Waals surface area contributed by atoms with E-state index in [1.807, 2.05) is 12.1 Å². The molecule has 1 unspecified atom stereocenters. The van der Waals surface area contributed by atoms with Crippen molar-refractivity contribution in [1.29, 1.82) is 0 Å². The smallest absolute Gasteiger partial charge is 0.324 e. The summed E-state index contributed by atoms with van der Waals surface area (Å²) in [5, 5.41) is 2.34. The Hall–Kier alpha value is -1.99. The van der Waals surface area contributed by atoms with Gasteiger partial charge in [-0.3, -0.25) is 14.8 Å². The largest absolute Gasteiger partial charge is 0.493 e. The molecule has 1 heterocycles. The first-order valence-corrected chi connectivity index (χ1v) is 11.5. The van der Waals surface area contributed by atoms with Crippen LogP contribution in [0.25, 0.3) is 0 Å². The van der Waals surface area contributed by atoms with E-state index in [9.17, 15) is 9.59 Å². The van der Waals surface area contributed by atoms with Crippen molar-refractivity contribution in [1.82, 2.24) is 14.9 Å². The lowest BCUT2D eigenvalue weighted by Gasteiger charge is -2.25. The number of carbonyl (C=O) groups excluding carboxylic acids is 2. The van der Waals surface area contributed by atoms with Gasteiger partial charge in [-0.25, -0.2) is 4.79 Å². The van der Waals surface area contributed by atoms with Gasteiger partial charge in [0.05, 0.1) is 6.61 Å². The van der Waals surface area contributed by atoms with Gasteiger partial charge < -0.3 is 9.64 Å². The summed E-state index contributed by atoms with van der Waals surface area (Å²) in [5.41, 5.74) is 1.26. The van der Waals surface area contributed by atoms with Crippen molar-refractivity contribution < 1.29 is 14.3 Å².